The van der Waals surface area contributed by atoms with E-state index in [1.165, 1.54) is 11.3 Å². The molecule has 2 rings (SSSR count). The molecule has 1 aromatic carbocycles. The largest absolute Gasteiger partial charge is 0.266 e. The van der Waals surface area contributed by atoms with E-state index < -0.39 is 6.43 Å². The van der Waals surface area contributed by atoms with Crippen molar-refractivity contribution in [2.24, 2.45) is 0 Å². The van der Waals surface area contributed by atoms with Gasteiger partial charge in [0.25, 0.3) is 6.43 Å². The van der Waals surface area contributed by atoms with Crippen LogP contribution in [-0.2, 0) is 0 Å². The third-order valence-electron chi connectivity index (χ3n) is 1.90. The van der Waals surface area contributed by atoms with Crippen molar-refractivity contribution in [1.29, 1.82) is 0 Å². The summed E-state index contributed by atoms with van der Waals surface area (Å²) in [5, 5.41) is 3.03. The second-order valence-corrected chi connectivity index (χ2v) is 5.20. The molecule has 2 aromatic rings. The Bertz CT molecular complexity index is 481. The molecule has 0 aliphatic heterocycles. The number of rotatable bonds is 1. The molecule has 0 spiro atoms. The van der Waals surface area contributed by atoms with Crippen LogP contribution in [0.1, 0.15) is 12.0 Å². The van der Waals surface area contributed by atoms with E-state index >= 15 is 0 Å². The predicted molar refractivity (Wildman–Crippen MR) is 64.5 cm³/mol. The van der Waals surface area contributed by atoms with Gasteiger partial charge in [0, 0.05) is 19.2 Å². The number of thiophene rings is 1. The molecule has 14 heavy (non-hydrogen) atoms. The summed E-state index contributed by atoms with van der Waals surface area (Å²) in [6.07, 6.45) is -2.44. The van der Waals surface area contributed by atoms with Gasteiger partial charge < -0.3 is 0 Å². The topological polar surface area (TPSA) is 0 Å². The molecule has 0 N–H and O–H groups in total. The fourth-order valence-corrected chi connectivity index (χ4v) is 3.76. The quantitative estimate of drug-likeness (QED) is 0.632. The van der Waals surface area contributed by atoms with Gasteiger partial charge in [-0.3, -0.25) is 0 Å². The predicted octanol–water partition coefficient (Wildman–Crippen LogP) is 5.10. The highest BCUT2D eigenvalue weighted by atomic mass is 127. The van der Waals surface area contributed by atoms with Crippen LogP contribution in [0.3, 0.4) is 0 Å². The second-order valence-electron chi connectivity index (χ2n) is 2.72. The van der Waals surface area contributed by atoms with E-state index in [-0.39, 0.29) is 5.56 Å². The summed E-state index contributed by atoms with van der Waals surface area (Å²) in [5.74, 6) is 0. The minimum atomic E-state index is -2.44. The van der Waals surface area contributed by atoms with Crippen LogP contribution >= 0.6 is 45.5 Å². The average Bonchev–Trinajstić information content (AvgIpc) is 2.51. The number of hydrogen-bond acceptors (Lipinski definition) is 1. The molecule has 0 saturated carbocycles. The lowest BCUT2D eigenvalue weighted by Gasteiger charge is -2.06. The monoisotopic (exact) mass is 344 g/mol. The van der Waals surface area contributed by atoms with E-state index in [9.17, 15) is 8.78 Å². The first-order chi connectivity index (χ1) is 6.61. The number of alkyl halides is 2. The Kier molecular flexibility index (Phi) is 2.95. The third kappa shape index (κ3) is 1.63. The van der Waals surface area contributed by atoms with Crippen molar-refractivity contribution in [1.82, 2.24) is 0 Å². The van der Waals surface area contributed by atoms with Gasteiger partial charge in [-0.15, -0.1) is 11.3 Å². The first-order valence-corrected chi connectivity index (χ1v) is 6.08. The molecular weight excluding hydrogens is 341 g/mol. The number of halogens is 4. The molecule has 0 amide bonds. The minimum absolute atomic E-state index is 0.0972. The van der Waals surface area contributed by atoms with Crippen LogP contribution in [0.5, 0.6) is 0 Å². The van der Waals surface area contributed by atoms with Gasteiger partial charge in [-0.05, 0) is 40.1 Å². The van der Waals surface area contributed by atoms with Gasteiger partial charge >= 0.3 is 0 Å². The average molecular weight is 345 g/mol. The van der Waals surface area contributed by atoms with E-state index in [4.69, 9.17) is 11.6 Å². The van der Waals surface area contributed by atoms with Gasteiger partial charge in [-0.1, -0.05) is 11.6 Å². The van der Waals surface area contributed by atoms with E-state index in [2.05, 4.69) is 0 Å². The molecule has 0 radical (unpaired) electrons. The molecule has 0 aliphatic rings. The third-order valence-corrected chi connectivity index (χ3v) is 4.05. The zero-order chi connectivity index (χ0) is 10.3. The highest BCUT2D eigenvalue weighted by molar-refractivity contribution is 14.1. The van der Waals surface area contributed by atoms with E-state index in [0.29, 0.717) is 18.7 Å². The van der Waals surface area contributed by atoms with Crippen molar-refractivity contribution in [2.45, 2.75) is 6.43 Å². The Balaban J connectivity index is 2.86. The molecule has 0 nitrogen and oxygen atoms in total. The van der Waals surface area contributed by atoms with Crippen molar-refractivity contribution >= 4 is 55.6 Å². The smallest absolute Gasteiger partial charge is 0.205 e. The molecule has 0 fully saturated rings. The Hall–Kier alpha value is 0.0600. The fourth-order valence-electron chi connectivity index (χ4n) is 1.28. The van der Waals surface area contributed by atoms with Crippen molar-refractivity contribution in [3.05, 3.63) is 31.7 Å². The molecule has 0 aliphatic carbocycles. The molecule has 0 bridgehead atoms. The standard InChI is InChI=1S/C9H4ClF2IS/c10-5-3-6(13)7(9(11)12)8-4(5)1-2-14-8/h1-3,9H. The van der Waals surface area contributed by atoms with Gasteiger partial charge in [0.2, 0.25) is 0 Å². The fraction of sp³-hybridized carbons (Fsp3) is 0.111. The summed E-state index contributed by atoms with van der Waals surface area (Å²) in [6.45, 7) is 0. The summed E-state index contributed by atoms with van der Waals surface area (Å²) in [6, 6.07) is 3.35. The summed E-state index contributed by atoms with van der Waals surface area (Å²) >= 11 is 9.13. The highest BCUT2D eigenvalue weighted by Crippen LogP contribution is 2.38. The molecule has 5 heteroatoms. The van der Waals surface area contributed by atoms with Crippen LogP contribution in [0.2, 0.25) is 5.02 Å². The maximum atomic E-state index is 12.7. The lowest BCUT2D eigenvalue weighted by atomic mass is 10.2. The summed E-state index contributed by atoms with van der Waals surface area (Å²) in [4.78, 5) is 0. The van der Waals surface area contributed by atoms with Gasteiger partial charge in [-0.25, -0.2) is 8.78 Å². The molecular formula is C9H4ClF2IS. The SMILES string of the molecule is FC(F)c1c(I)cc(Cl)c2ccsc12. The van der Waals surface area contributed by atoms with Crippen LogP contribution in [0.15, 0.2) is 17.5 Å². The van der Waals surface area contributed by atoms with E-state index in [1.807, 2.05) is 22.6 Å². The van der Waals surface area contributed by atoms with Gasteiger partial charge in [0.05, 0.1) is 5.02 Å². The summed E-state index contributed by atoms with van der Waals surface area (Å²) in [5.41, 5.74) is 0.0972. The van der Waals surface area contributed by atoms with Crippen LogP contribution in [-0.4, -0.2) is 0 Å². The maximum Gasteiger partial charge on any atom is 0.266 e. The number of fused-ring (bicyclic) bond motifs is 1. The Morgan fingerprint density at radius 1 is 1.43 bits per heavy atom. The molecule has 0 atom stereocenters. The molecule has 1 heterocycles. The summed E-state index contributed by atoms with van der Waals surface area (Å²) < 4.78 is 26.6. The Morgan fingerprint density at radius 3 is 2.79 bits per heavy atom. The lowest BCUT2D eigenvalue weighted by Crippen LogP contribution is -1.89. The van der Waals surface area contributed by atoms with Gasteiger partial charge in [0.15, 0.2) is 0 Å². The van der Waals surface area contributed by atoms with Crippen LogP contribution < -0.4 is 0 Å². The van der Waals surface area contributed by atoms with Crippen LogP contribution in [0.4, 0.5) is 8.78 Å². The first-order valence-electron chi connectivity index (χ1n) is 3.74. The number of hydrogen-bond donors (Lipinski definition) is 0. The van der Waals surface area contributed by atoms with Crippen LogP contribution in [0, 0.1) is 3.57 Å². The second kappa shape index (κ2) is 3.90. The molecule has 1 aromatic heterocycles. The zero-order valence-corrected chi connectivity index (χ0v) is 10.5. The van der Waals surface area contributed by atoms with Crippen LogP contribution in [0.25, 0.3) is 10.1 Å². The molecule has 0 saturated heterocycles. The summed E-state index contributed by atoms with van der Waals surface area (Å²) in [7, 11) is 0. The minimum Gasteiger partial charge on any atom is -0.205 e. The van der Waals surface area contributed by atoms with E-state index in [1.54, 1.807) is 17.5 Å². The normalized spacial score (nSPS) is 11.5. The van der Waals surface area contributed by atoms with Crippen molar-refractivity contribution in [3.63, 3.8) is 0 Å². The molecule has 74 valence electrons. The van der Waals surface area contributed by atoms with Crippen molar-refractivity contribution in [2.75, 3.05) is 0 Å². The highest BCUT2D eigenvalue weighted by Gasteiger charge is 2.18. The first kappa shape index (κ1) is 10.6. The lowest BCUT2D eigenvalue weighted by molar-refractivity contribution is 0.152. The zero-order valence-electron chi connectivity index (χ0n) is 6.73. The van der Waals surface area contributed by atoms with Crippen molar-refractivity contribution in [3.8, 4) is 0 Å². The Labute approximate surface area is 102 Å². The van der Waals surface area contributed by atoms with Crippen molar-refractivity contribution < 1.29 is 8.78 Å². The Morgan fingerprint density at radius 2 is 2.14 bits per heavy atom. The van der Waals surface area contributed by atoms with Gasteiger partial charge in [-0.2, -0.15) is 0 Å². The van der Waals surface area contributed by atoms with Gasteiger partial charge in [0.1, 0.15) is 0 Å². The molecule has 0 unspecified atom stereocenters. The maximum absolute atomic E-state index is 12.7. The van der Waals surface area contributed by atoms with E-state index in [0.717, 1.165) is 0 Å². The number of benzene rings is 1.